The number of nitrogens with one attached hydrogen (secondary N) is 3. The van der Waals surface area contributed by atoms with Crippen molar-refractivity contribution in [2.24, 2.45) is 0 Å². The van der Waals surface area contributed by atoms with Crippen LogP contribution in [0.2, 0.25) is 0 Å². The zero-order valence-electron chi connectivity index (χ0n) is 18.9. The molecule has 1 aliphatic carbocycles. The standard InChI is InChI=1S/C26H28N4O3/c1-15(2)16-10-12-17(13-11-16)30-25(32)22(29-26(30)33)14-23(31)27-21-9-5-7-19-18-6-3-4-8-20(18)28-24(19)21/h3-4,6,8,10-13,15,21-22,28H,5,7,9,14H2,1-2H3,(H,27,31)(H,29,33)/t21-,22+/m1/s1. The van der Waals surface area contributed by atoms with E-state index in [0.29, 0.717) is 11.6 Å². The number of anilines is 1. The first kappa shape index (κ1) is 21.2. The number of carbonyl (C=O) groups is 3. The number of para-hydroxylation sites is 1. The smallest absolute Gasteiger partial charge is 0.329 e. The van der Waals surface area contributed by atoms with Crippen molar-refractivity contribution >= 4 is 34.4 Å². The van der Waals surface area contributed by atoms with Gasteiger partial charge in [0.1, 0.15) is 6.04 Å². The molecule has 7 nitrogen and oxygen atoms in total. The number of fused-ring (bicyclic) bond motifs is 3. The second kappa shape index (κ2) is 8.39. The number of benzene rings is 2. The molecule has 1 aliphatic heterocycles. The third kappa shape index (κ3) is 3.88. The molecule has 0 unspecified atom stereocenters. The van der Waals surface area contributed by atoms with E-state index in [1.165, 1.54) is 10.9 Å². The van der Waals surface area contributed by atoms with Crippen LogP contribution in [0.4, 0.5) is 10.5 Å². The Morgan fingerprint density at radius 2 is 1.88 bits per heavy atom. The fraction of sp³-hybridized carbons (Fsp3) is 0.346. The van der Waals surface area contributed by atoms with Crippen molar-refractivity contribution < 1.29 is 14.4 Å². The maximum Gasteiger partial charge on any atom is 0.329 e. The van der Waals surface area contributed by atoms with Gasteiger partial charge in [0, 0.05) is 16.6 Å². The van der Waals surface area contributed by atoms with Crippen molar-refractivity contribution in [2.45, 2.75) is 57.5 Å². The maximum absolute atomic E-state index is 12.9. The van der Waals surface area contributed by atoms with Gasteiger partial charge in [-0.3, -0.25) is 9.59 Å². The molecule has 7 heteroatoms. The van der Waals surface area contributed by atoms with Crippen LogP contribution in [0.15, 0.2) is 48.5 Å². The van der Waals surface area contributed by atoms with E-state index >= 15 is 0 Å². The van der Waals surface area contributed by atoms with Gasteiger partial charge in [-0.2, -0.15) is 0 Å². The van der Waals surface area contributed by atoms with Crippen LogP contribution in [0, 0.1) is 0 Å². The van der Waals surface area contributed by atoms with Crippen LogP contribution in [-0.2, 0) is 16.0 Å². The summed E-state index contributed by atoms with van der Waals surface area (Å²) in [5.41, 5.74) is 5.01. The molecule has 1 fully saturated rings. The van der Waals surface area contributed by atoms with Crippen molar-refractivity contribution in [2.75, 3.05) is 4.90 Å². The first-order chi connectivity index (χ1) is 15.9. The fourth-order valence-electron chi connectivity index (χ4n) is 4.92. The van der Waals surface area contributed by atoms with Gasteiger partial charge in [-0.15, -0.1) is 0 Å². The van der Waals surface area contributed by atoms with Crippen LogP contribution in [0.25, 0.3) is 10.9 Å². The number of imide groups is 1. The van der Waals surface area contributed by atoms with Gasteiger partial charge in [0.25, 0.3) is 5.91 Å². The number of aromatic amines is 1. The van der Waals surface area contributed by atoms with E-state index in [2.05, 4.69) is 35.5 Å². The number of H-pyrrole nitrogens is 1. The lowest BCUT2D eigenvalue weighted by Gasteiger charge is -2.24. The molecule has 4 amide bonds. The number of carbonyl (C=O) groups excluding carboxylic acids is 3. The lowest BCUT2D eigenvalue weighted by molar-refractivity contribution is -0.126. The number of rotatable bonds is 5. The van der Waals surface area contributed by atoms with Crippen molar-refractivity contribution in [1.29, 1.82) is 0 Å². The Morgan fingerprint density at radius 3 is 2.64 bits per heavy atom. The van der Waals surface area contributed by atoms with Crippen molar-refractivity contribution in [3.8, 4) is 0 Å². The topological polar surface area (TPSA) is 94.3 Å². The monoisotopic (exact) mass is 444 g/mol. The first-order valence-corrected chi connectivity index (χ1v) is 11.6. The molecular weight excluding hydrogens is 416 g/mol. The van der Waals surface area contributed by atoms with E-state index in [1.807, 2.05) is 30.3 Å². The average Bonchev–Trinajstić information content (AvgIpc) is 3.31. The molecule has 0 radical (unpaired) electrons. The molecule has 1 aromatic heterocycles. The number of urea groups is 1. The normalized spacial score (nSPS) is 20.3. The van der Waals surface area contributed by atoms with Gasteiger partial charge >= 0.3 is 6.03 Å². The Kier molecular flexibility index (Phi) is 5.40. The largest absolute Gasteiger partial charge is 0.356 e. The molecule has 2 aromatic carbocycles. The summed E-state index contributed by atoms with van der Waals surface area (Å²) in [5, 5.41) is 6.95. The average molecular weight is 445 g/mol. The van der Waals surface area contributed by atoms with Crippen LogP contribution in [0.1, 0.15) is 61.9 Å². The summed E-state index contributed by atoms with van der Waals surface area (Å²) in [4.78, 5) is 42.9. The van der Waals surface area contributed by atoms with Gasteiger partial charge in [0.05, 0.1) is 18.2 Å². The summed E-state index contributed by atoms with van der Waals surface area (Å²) >= 11 is 0. The van der Waals surface area contributed by atoms with Gasteiger partial charge < -0.3 is 15.6 Å². The van der Waals surface area contributed by atoms with E-state index in [9.17, 15) is 14.4 Å². The van der Waals surface area contributed by atoms with Gasteiger partial charge in [-0.25, -0.2) is 9.69 Å². The van der Waals surface area contributed by atoms with Gasteiger partial charge in [-0.1, -0.05) is 44.2 Å². The van der Waals surface area contributed by atoms with Crippen molar-refractivity contribution in [3.05, 3.63) is 65.4 Å². The number of aromatic nitrogens is 1. The summed E-state index contributed by atoms with van der Waals surface area (Å²) in [6.07, 6.45) is 2.72. The highest BCUT2D eigenvalue weighted by molar-refractivity contribution is 6.22. The number of nitrogens with zero attached hydrogens (tertiary/aromatic N) is 1. The minimum absolute atomic E-state index is 0.0861. The van der Waals surface area contributed by atoms with Gasteiger partial charge in [0.15, 0.2) is 0 Å². The lowest BCUT2D eigenvalue weighted by Crippen LogP contribution is -2.38. The zero-order valence-corrected chi connectivity index (χ0v) is 18.9. The summed E-state index contributed by atoms with van der Waals surface area (Å²) < 4.78 is 0. The van der Waals surface area contributed by atoms with E-state index in [-0.39, 0.29) is 18.4 Å². The molecule has 0 bridgehead atoms. The molecule has 0 spiro atoms. The third-order valence-electron chi connectivity index (χ3n) is 6.68. The molecule has 170 valence electrons. The summed E-state index contributed by atoms with van der Waals surface area (Å²) in [6, 6.07) is 14.1. The molecule has 3 aromatic rings. The Bertz CT molecular complexity index is 1230. The van der Waals surface area contributed by atoms with Crippen LogP contribution >= 0.6 is 0 Å². The number of hydrogen-bond donors (Lipinski definition) is 3. The van der Waals surface area contributed by atoms with E-state index < -0.39 is 18.0 Å². The molecule has 2 atom stereocenters. The maximum atomic E-state index is 12.9. The predicted octanol–water partition coefficient (Wildman–Crippen LogP) is 4.30. The number of amides is 4. The molecule has 33 heavy (non-hydrogen) atoms. The predicted molar refractivity (Wildman–Crippen MR) is 127 cm³/mol. The first-order valence-electron chi connectivity index (χ1n) is 11.6. The minimum atomic E-state index is -0.868. The highest BCUT2D eigenvalue weighted by Crippen LogP contribution is 2.34. The Balaban J connectivity index is 1.27. The summed E-state index contributed by atoms with van der Waals surface area (Å²) in [7, 11) is 0. The highest BCUT2D eigenvalue weighted by Gasteiger charge is 2.40. The van der Waals surface area contributed by atoms with Gasteiger partial charge in [-0.05, 0) is 54.5 Å². The second-order valence-electron chi connectivity index (χ2n) is 9.20. The van der Waals surface area contributed by atoms with E-state index in [1.54, 1.807) is 12.1 Å². The second-order valence-corrected chi connectivity index (χ2v) is 9.20. The molecule has 2 aliphatic rings. The fourth-order valence-corrected chi connectivity index (χ4v) is 4.92. The molecule has 5 rings (SSSR count). The van der Waals surface area contributed by atoms with Crippen LogP contribution in [0.3, 0.4) is 0 Å². The molecule has 3 N–H and O–H groups in total. The zero-order chi connectivity index (χ0) is 23.1. The molecule has 2 heterocycles. The summed E-state index contributed by atoms with van der Waals surface area (Å²) in [6.45, 7) is 4.17. The highest BCUT2D eigenvalue weighted by atomic mass is 16.2. The molecule has 0 saturated carbocycles. The van der Waals surface area contributed by atoms with E-state index in [4.69, 9.17) is 0 Å². The Morgan fingerprint density at radius 1 is 1.12 bits per heavy atom. The van der Waals surface area contributed by atoms with E-state index in [0.717, 1.165) is 40.9 Å². The summed E-state index contributed by atoms with van der Waals surface area (Å²) in [5.74, 6) is -0.291. The Hall–Kier alpha value is -3.61. The molecule has 1 saturated heterocycles. The number of hydrogen-bond acceptors (Lipinski definition) is 3. The van der Waals surface area contributed by atoms with Crippen molar-refractivity contribution in [1.82, 2.24) is 15.6 Å². The number of aryl methyl sites for hydroxylation is 1. The lowest BCUT2D eigenvalue weighted by atomic mass is 9.91. The molecular formula is C26H28N4O3. The third-order valence-corrected chi connectivity index (χ3v) is 6.68. The van der Waals surface area contributed by atoms with Gasteiger partial charge in [0.2, 0.25) is 5.91 Å². The quantitative estimate of drug-likeness (QED) is 0.512. The van der Waals surface area contributed by atoms with Crippen molar-refractivity contribution in [3.63, 3.8) is 0 Å². The minimum Gasteiger partial charge on any atom is -0.356 e. The van der Waals surface area contributed by atoms with Crippen LogP contribution in [0.5, 0.6) is 0 Å². The Labute approximate surface area is 192 Å². The van der Waals surface area contributed by atoms with Crippen LogP contribution in [-0.4, -0.2) is 28.9 Å². The van der Waals surface area contributed by atoms with Crippen LogP contribution < -0.4 is 15.5 Å². The SMILES string of the molecule is CC(C)c1ccc(N2C(=O)N[C@@H](CC(=O)N[C@@H]3CCCc4c3[nH]c3ccccc43)C2=O)cc1.